The van der Waals surface area contributed by atoms with Crippen LogP contribution in [0.1, 0.15) is 39.2 Å². The molecule has 0 fully saturated rings. The number of hydrogen-bond acceptors (Lipinski definition) is 1. The summed E-state index contributed by atoms with van der Waals surface area (Å²) in [5.41, 5.74) is 1.04. The van der Waals surface area contributed by atoms with E-state index < -0.39 is 0 Å². The predicted molar refractivity (Wildman–Crippen MR) is 73.1 cm³/mol. The lowest BCUT2D eigenvalue weighted by molar-refractivity contribution is 0.130. The molecule has 0 saturated heterocycles. The Hall–Kier alpha value is -0.760. The van der Waals surface area contributed by atoms with Crippen molar-refractivity contribution in [2.75, 3.05) is 0 Å². The minimum Gasteiger partial charge on any atom is -0.488 e. The molecule has 0 aliphatic rings. The molecule has 0 spiro atoms. The van der Waals surface area contributed by atoms with E-state index in [1.807, 2.05) is 32.9 Å². The monoisotopic (exact) mass is 282 g/mol. The van der Waals surface area contributed by atoms with Gasteiger partial charge in [0.05, 0.1) is 0 Å². The highest BCUT2D eigenvalue weighted by Crippen LogP contribution is 2.28. The van der Waals surface area contributed by atoms with Gasteiger partial charge in [-0.15, -0.1) is 6.58 Å². The maximum absolute atomic E-state index is 5.85. The smallest absolute Gasteiger partial charge is 0.121 e. The molecule has 0 N–H and O–H groups in total. The first kappa shape index (κ1) is 13.3. The van der Waals surface area contributed by atoms with Gasteiger partial charge in [-0.3, -0.25) is 0 Å². The zero-order chi connectivity index (χ0) is 12.3. The molecule has 0 amide bonds. The van der Waals surface area contributed by atoms with Crippen LogP contribution in [0, 0.1) is 0 Å². The van der Waals surface area contributed by atoms with E-state index in [2.05, 4.69) is 41.6 Å². The summed E-state index contributed by atoms with van der Waals surface area (Å²) in [5, 5.41) is 0. The quantitative estimate of drug-likeness (QED) is 0.716. The molecule has 0 saturated carbocycles. The Balaban J connectivity index is 3.03. The summed E-state index contributed by atoms with van der Waals surface area (Å²) in [4.78, 5) is 0. The highest BCUT2D eigenvalue weighted by atomic mass is 79.9. The summed E-state index contributed by atoms with van der Waals surface area (Å²) in [6, 6.07) is 6.16. The average molecular weight is 283 g/mol. The van der Waals surface area contributed by atoms with E-state index in [-0.39, 0.29) is 5.60 Å². The molecule has 1 aromatic carbocycles. The van der Waals surface area contributed by atoms with Gasteiger partial charge in [0.15, 0.2) is 0 Å². The van der Waals surface area contributed by atoms with Crippen LogP contribution in [0.4, 0.5) is 0 Å². The second-order valence-corrected chi connectivity index (χ2v) is 5.87. The van der Waals surface area contributed by atoms with Gasteiger partial charge in [0.1, 0.15) is 11.4 Å². The molecule has 1 atom stereocenters. The molecule has 1 aromatic rings. The van der Waals surface area contributed by atoms with Crippen molar-refractivity contribution >= 4 is 15.9 Å². The maximum atomic E-state index is 5.85. The second kappa shape index (κ2) is 5.05. The fourth-order valence-electron chi connectivity index (χ4n) is 1.40. The summed E-state index contributed by atoms with van der Waals surface area (Å²) in [7, 11) is 0. The summed E-state index contributed by atoms with van der Waals surface area (Å²) in [6.45, 7) is 12.1. The average Bonchev–Trinajstić information content (AvgIpc) is 2.12. The van der Waals surface area contributed by atoms with Crippen molar-refractivity contribution in [3.63, 3.8) is 0 Å². The summed E-state index contributed by atoms with van der Waals surface area (Å²) in [6.07, 6.45) is 1.93. The van der Waals surface area contributed by atoms with Gasteiger partial charge in [-0.25, -0.2) is 0 Å². The third-order valence-corrected chi connectivity index (χ3v) is 2.65. The van der Waals surface area contributed by atoms with Crippen LogP contribution in [0.3, 0.4) is 0 Å². The van der Waals surface area contributed by atoms with E-state index in [1.165, 1.54) is 5.56 Å². The molecule has 0 bridgehead atoms. The van der Waals surface area contributed by atoms with Crippen molar-refractivity contribution in [1.82, 2.24) is 0 Å². The van der Waals surface area contributed by atoms with E-state index in [0.717, 1.165) is 10.2 Å². The standard InChI is InChI=1S/C14H19BrO/c1-6-10(2)11-7-12(15)9-13(8-11)16-14(3,4)5/h6-10H,1H2,2-5H3. The minimum atomic E-state index is -0.171. The van der Waals surface area contributed by atoms with Crippen LogP contribution < -0.4 is 4.74 Å². The normalized spacial score (nSPS) is 13.3. The predicted octanol–water partition coefficient (Wildman–Crippen LogP) is 4.92. The van der Waals surface area contributed by atoms with Crippen molar-refractivity contribution in [3.05, 3.63) is 40.9 Å². The fourth-order valence-corrected chi connectivity index (χ4v) is 1.89. The lowest BCUT2D eigenvalue weighted by Gasteiger charge is -2.22. The van der Waals surface area contributed by atoms with Gasteiger partial charge in [0, 0.05) is 4.47 Å². The van der Waals surface area contributed by atoms with Crippen LogP contribution in [0.15, 0.2) is 35.3 Å². The maximum Gasteiger partial charge on any atom is 0.121 e. The molecule has 0 aliphatic heterocycles. The zero-order valence-corrected chi connectivity index (χ0v) is 12.0. The largest absolute Gasteiger partial charge is 0.488 e. The van der Waals surface area contributed by atoms with Gasteiger partial charge >= 0.3 is 0 Å². The number of hydrogen-bond donors (Lipinski definition) is 0. The molecule has 2 heteroatoms. The fraction of sp³-hybridized carbons (Fsp3) is 0.429. The highest BCUT2D eigenvalue weighted by Gasteiger charge is 2.13. The number of rotatable bonds is 3. The Kier molecular flexibility index (Phi) is 4.20. The molecule has 0 radical (unpaired) electrons. The van der Waals surface area contributed by atoms with Crippen LogP contribution >= 0.6 is 15.9 Å². The lowest BCUT2D eigenvalue weighted by Crippen LogP contribution is -2.23. The topological polar surface area (TPSA) is 9.23 Å². The summed E-state index contributed by atoms with van der Waals surface area (Å²) in [5.74, 6) is 1.23. The van der Waals surface area contributed by atoms with Gasteiger partial charge in [-0.2, -0.15) is 0 Å². The van der Waals surface area contributed by atoms with Crippen LogP contribution in [0.25, 0.3) is 0 Å². The number of ether oxygens (including phenoxy) is 1. The Morgan fingerprint density at radius 2 is 1.94 bits per heavy atom. The van der Waals surface area contributed by atoms with Crippen molar-refractivity contribution in [1.29, 1.82) is 0 Å². The Morgan fingerprint density at radius 3 is 2.44 bits per heavy atom. The summed E-state index contributed by atoms with van der Waals surface area (Å²) >= 11 is 3.50. The molecule has 16 heavy (non-hydrogen) atoms. The molecular weight excluding hydrogens is 264 g/mol. The molecular formula is C14H19BrO. The SMILES string of the molecule is C=CC(C)c1cc(Br)cc(OC(C)(C)C)c1. The van der Waals surface area contributed by atoms with E-state index in [4.69, 9.17) is 4.74 Å². The van der Waals surface area contributed by atoms with Crippen LogP contribution in [-0.2, 0) is 0 Å². The summed E-state index contributed by atoms with van der Waals surface area (Å²) < 4.78 is 6.89. The molecule has 1 rings (SSSR count). The van der Waals surface area contributed by atoms with Crippen molar-refractivity contribution < 1.29 is 4.74 Å². The van der Waals surface area contributed by atoms with E-state index in [0.29, 0.717) is 5.92 Å². The van der Waals surface area contributed by atoms with E-state index >= 15 is 0 Å². The van der Waals surface area contributed by atoms with Gasteiger partial charge in [-0.05, 0) is 50.5 Å². The minimum absolute atomic E-state index is 0.171. The van der Waals surface area contributed by atoms with Crippen molar-refractivity contribution in [2.45, 2.75) is 39.2 Å². The molecule has 1 unspecified atom stereocenters. The first-order valence-electron chi connectivity index (χ1n) is 5.44. The molecule has 0 heterocycles. The van der Waals surface area contributed by atoms with Gasteiger partial charge < -0.3 is 4.74 Å². The van der Waals surface area contributed by atoms with Gasteiger partial charge in [0.25, 0.3) is 0 Å². The zero-order valence-electron chi connectivity index (χ0n) is 10.4. The Bertz CT molecular complexity index is 377. The lowest BCUT2D eigenvalue weighted by atomic mass is 10.0. The molecule has 1 nitrogen and oxygen atoms in total. The van der Waals surface area contributed by atoms with Crippen LogP contribution in [0.5, 0.6) is 5.75 Å². The van der Waals surface area contributed by atoms with Crippen molar-refractivity contribution in [3.8, 4) is 5.75 Å². The van der Waals surface area contributed by atoms with Crippen molar-refractivity contribution in [2.24, 2.45) is 0 Å². The van der Waals surface area contributed by atoms with Gasteiger partial charge in [0.2, 0.25) is 0 Å². The van der Waals surface area contributed by atoms with E-state index in [9.17, 15) is 0 Å². The Labute approximate surface area is 107 Å². The first-order valence-corrected chi connectivity index (χ1v) is 6.23. The highest BCUT2D eigenvalue weighted by molar-refractivity contribution is 9.10. The number of benzene rings is 1. The van der Waals surface area contributed by atoms with Crippen LogP contribution in [-0.4, -0.2) is 5.60 Å². The molecule has 0 aromatic heterocycles. The third kappa shape index (κ3) is 4.01. The number of halogens is 1. The molecule has 0 aliphatic carbocycles. The van der Waals surface area contributed by atoms with Crippen LogP contribution in [0.2, 0.25) is 0 Å². The van der Waals surface area contributed by atoms with Gasteiger partial charge in [-0.1, -0.05) is 28.9 Å². The second-order valence-electron chi connectivity index (χ2n) is 4.96. The third-order valence-electron chi connectivity index (χ3n) is 2.20. The first-order chi connectivity index (χ1) is 7.31. The number of allylic oxidation sites excluding steroid dienone is 1. The Morgan fingerprint density at radius 1 is 1.31 bits per heavy atom. The van der Waals surface area contributed by atoms with E-state index in [1.54, 1.807) is 0 Å². The molecule has 88 valence electrons.